The second-order valence-corrected chi connectivity index (χ2v) is 3.89. The van der Waals surface area contributed by atoms with Gasteiger partial charge in [-0.05, 0) is 18.9 Å². The van der Waals surface area contributed by atoms with Crippen molar-refractivity contribution in [1.29, 1.82) is 0 Å². The Kier molecular flexibility index (Phi) is 3.03. The van der Waals surface area contributed by atoms with E-state index >= 15 is 0 Å². The second kappa shape index (κ2) is 4.46. The molecule has 0 aliphatic carbocycles. The number of hydrogen-bond donors (Lipinski definition) is 3. The fourth-order valence-corrected chi connectivity index (χ4v) is 2.00. The summed E-state index contributed by atoms with van der Waals surface area (Å²) >= 11 is 0. The summed E-state index contributed by atoms with van der Waals surface area (Å²) in [6.45, 7) is 1.92. The van der Waals surface area contributed by atoms with Crippen LogP contribution >= 0.6 is 0 Å². The van der Waals surface area contributed by atoms with Crippen molar-refractivity contribution in [2.45, 2.75) is 18.9 Å². The summed E-state index contributed by atoms with van der Waals surface area (Å²) < 4.78 is 0. The molecule has 5 heteroatoms. The van der Waals surface area contributed by atoms with Crippen molar-refractivity contribution in [2.24, 2.45) is 11.6 Å². The third-order valence-electron chi connectivity index (χ3n) is 2.75. The van der Waals surface area contributed by atoms with E-state index < -0.39 is 0 Å². The van der Waals surface area contributed by atoms with Crippen LogP contribution in [0.2, 0.25) is 0 Å². The van der Waals surface area contributed by atoms with Crippen molar-refractivity contribution in [3.8, 4) is 0 Å². The quantitative estimate of drug-likeness (QED) is 0.480. The molecule has 1 saturated heterocycles. The van der Waals surface area contributed by atoms with Gasteiger partial charge >= 0.3 is 0 Å². The molecule has 1 fully saturated rings. The molecule has 2 rings (SSSR count). The van der Waals surface area contributed by atoms with E-state index in [0.717, 1.165) is 37.3 Å². The van der Waals surface area contributed by atoms with Crippen LogP contribution in [0.15, 0.2) is 18.5 Å². The summed E-state index contributed by atoms with van der Waals surface area (Å²) in [5.41, 5.74) is 10.5. The zero-order chi connectivity index (χ0) is 10.7. The predicted octanol–water partition coefficient (Wildman–Crippen LogP) is 0.295. The SMILES string of the molecule is NNc1cnccc1N1CCCC(N)C1. The van der Waals surface area contributed by atoms with Gasteiger partial charge in [-0.1, -0.05) is 0 Å². The maximum Gasteiger partial charge on any atom is 0.0906 e. The minimum atomic E-state index is 0.262. The van der Waals surface area contributed by atoms with Crippen molar-refractivity contribution < 1.29 is 0 Å². The highest BCUT2D eigenvalue weighted by atomic mass is 15.2. The monoisotopic (exact) mass is 207 g/mol. The Morgan fingerprint density at radius 3 is 3.13 bits per heavy atom. The van der Waals surface area contributed by atoms with Gasteiger partial charge < -0.3 is 16.1 Å². The van der Waals surface area contributed by atoms with Gasteiger partial charge in [0.2, 0.25) is 0 Å². The third kappa shape index (κ3) is 2.19. The Morgan fingerprint density at radius 1 is 1.53 bits per heavy atom. The molecule has 0 radical (unpaired) electrons. The fourth-order valence-electron chi connectivity index (χ4n) is 2.00. The molecular weight excluding hydrogens is 190 g/mol. The lowest BCUT2D eigenvalue weighted by atomic mass is 10.1. The van der Waals surface area contributed by atoms with E-state index in [4.69, 9.17) is 11.6 Å². The minimum absolute atomic E-state index is 0.262. The molecule has 0 bridgehead atoms. The van der Waals surface area contributed by atoms with Crippen LogP contribution in [0.4, 0.5) is 11.4 Å². The van der Waals surface area contributed by atoms with Gasteiger partial charge in [0.25, 0.3) is 0 Å². The van der Waals surface area contributed by atoms with Gasteiger partial charge in [0, 0.05) is 25.3 Å². The highest BCUT2D eigenvalue weighted by Gasteiger charge is 2.18. The number of aromatic nitrogens is 1. The molecule has 1 aliphatic rings. The topological polar surface area (TPSA) is 80.2 Å². The number of piperidine rings is 1. The van der Waals surface area contributed by atoms with Gasteiger partial charge in [0.1, 0.15) is 0 Å². The molecule has 0 saturated carbocycles. The molecule has 1 aromatic heterocycles. The van der Waals surface area contributed by atoms with Gasteiger partial charge in [-0.3, -0.25) is 10.8 Å². The molecule has 1 aliphatic heterocycles. The van der Waals surface area contributed by atoms with Gasteiger partial charge in [-0.2, -0.15) is 0 Å². The van der Waals surface area contributed by atoms with Crippen LogP contribution in [0.3, 0.4) is 0 Å². The highest BCUT2D eigenvalue weighted by molar-refractivity contribution is 5.68. The molecule has 0 amide bonds. The summed E-state index contributed by atoms with van der Waals surface area (Å²) in [7, 11) is 0. The Hall–Kier alpha value is -1.33. The zero-order valence-electron chi connectivity index (χ0n) is 8.69. The number of nitrogens with zero attached hydrogens (tertiary/aromatic N) is 2. The van der Waals surface area contributed by atoms with Gasteiger partial charge in [0.05, 0.1) is 17.6 Å². The maximum atomic E-state index is 5.95. The van der Waals surface area contributed by atoms with Crippen molar-refractivity contribution in [2.75, 3.05) is 23.4 Å². The maximum absolute atomic E-state index is 5.95. The molecule has 0 aromatic carbocycles. The molecule has 2 heterocycles. The second-order valence-electron chi connectivity index (χ2n) is 3.89. The number of nitrogens with two attached hydrogens (primary N) is 2. The molecule has 5 nitrogen and oxygen atoms in total. The average molecular weight is 207 g/mol. The first kappa shape index (κ1) is 10.2. The number of nitrogen functional groups attached to an aromatic ring is 1. The predicted molar refractivity (Wildman–Crippen MR) is 61.5 cm³/mol. The number of pyridine rings is 1. The van der Waals surface area contributed by atoms with E-state index in [9.17, 15) is 0 Å². The summed E-state index contributed by atoms with van der Waals surface area (Å²) in [6.07, 6.45) is 5.74. The van der Waals surface area contributed by atoms with Crippen molar-refractivity contribution in [3.63, 3.8) is 0 Å². The molecule has 5 N–H and O–H groups in total. The van der Waals surface area contributed by atoms with E-state index in [1.54, 1.807) is 12.4 Å². The lowest BCUT2D eigenvalue weighted by Crippen LogP contribution is -2.43. The van der Waals surface area contributed by atoms with Crippen LogP contribution in [-0.2, 0) is 0 Å². The number of anilines is 2. The fraction of sp³-hybridized carbons (Fsp3) is 0.500. The molecule has 82 valence electrons. The van der Waals surface area contributed by atoms with Gasteiger partial charge in [0.15, 0.2) is 0 Å². The summed E-state index contributed by atoms with van der Waals surface area (Å²) in [4.78, 5) is 6.28. The van der Waals surface area contributed by atoms with E-state index in [2.05, 4.69) is 15.3 Å². The minimum Gasteiger partial charge on any atom is -0.368 e. The van der Waals surface area contributed by atoms with Crippen LogP contribution in [0, 0.1) is 0 Å². The molecule has 1 atom stereocenters. The standard InChI is InChI=1S/C10H17N5/c11-8-2-1-5-15(7-8)10-3-4-13-6-9(10)14-12/h3-4,6,8,14H,1-2,5,7,11-12H2. The summed E-state index contributed by atoms with van der Waals surface area (Å²) in [6, 6.07) is 2.23. The third-order valence-corrected chi connectivity index (χ3v) is 2.75. The van der Waals surface area contributed by atoms with Crippen molar-refractivity contribution >= 4 is 11.4 Å². The smallest absolute Gasteiger partial charge is 0.0906 e. The Bertz CT molecular complexity index is 327. The highest BCUT2D eigenvalue weighted by Crippen LogP contribution is 2.26. The van der Waals surface area contributed by atoms with Crippen LogP contribution in [-0.4, -0.2) is 24.1 Å². The lowest BCUT2D eigenvalue weighted by Gasteiger charge is -2.33. The molecular formula is C10H17N5. The van der Waals surface area contributed by atoms with Crippen molar-refractivity contribution in [1.82, 2.24) is 4.98 Å². The Morgan fingerprint density at radius 2 is 2.40 bits per heavy atom. The first-order valence-corrected chi connectivity index (χ1v) is 5.22. The number of nitrogens with one attached hydrogen (secondary N) is 1. The lowest BCUT2D eigenvalue weighted by molar-refractivity contribution is 0.506. The van der Waals surface area contributed by atoms with Gasteiger partial charge in [-0.25, -0.2) is 0 Å². The van der Waals surface area contributed by atoms with E-state index in [1.807, 2.05) is 6.07 Å². The average Bonchev–Trinajstić information content (AvgIpc) is 2.29. The van der Waals surface area contributed by atoms with E-state index in [0.29, 0.717) is 0 Å². The number of rotatable bonds is 2. The zero-order valence-corrected chi connectivity index (χ0v) is 8.69. The molecule has 1 unspecified atom stereocenters. The van der Waals surface area contributed by atoms with Crippen LogP contribution in [0.1, 0.15) is 12.8 Å². The van der Waals surface area contributed by atoms with Crippen LogP contribution in [0.25, 0.3) is 0 Å². The molecule has 15 heavy (non-hydrogen) atoms. The van der Waals surface area contributed by atoms with Crippen molar-refractivity contribution in [3.05, 3.63) is 18.5 Å². The number of hydrogen-bond acceptors (Lipinski definition) is 5. The first-order valence-electron chi connectivity index (χ1n) is 5.22. The van der Waals surface area contributed by atoms with Gasteiger partial charge in [-0.15, -0.1) is 0 Å². The first-order chi connectivity index (χ1) is 7.31. The van der Waals surface area contributed by atoms with E-state index in [1.165, 1.54) is 0 Å². The van der Waals surface area contributed by atoms with Crippen LogP contribution in [0.5, 0.6) is 0 Å². The normalized spacial score (nSPS) is 21.5. The molecule has 0 spiro atoms. The Balaban J connectivity index is 2.20. The van der Waals surface area contributed by atoms with E-state index in [-0.39, 0.29) is 6.04 Å². The number of hydrazine groups is 1. The largest absolute Gasteiger partial charge is 0.368 e. The Labute approximate surface area is 89.4 Å². The summed E-state index contributed by atoms with van der Waals surface area (Å²) in [5.74, 6) is 5.44. The van der Waals surface area contributed by atoms with Crippen LogP contribution < -0.4 is 21.9 Å². The summed E-state index contributed by atoms with van der Waals surface area (Å²) in [5, 5.41) is 0. The molecule has 1 aromatic rings.